The van der Waals surface area contributed by atoms with Crippen LogP contribution < -0.4 is 10.1 Å². The number of benzene rings is 1. The Morgan fingerprint density at radius 1 is 1.26 bits per heavy atom. The molecule has 0 aliphatic heterocycles. The van der Waals surface area contributed by atoms with E-state index in [1.165, 1.54) is 7.11 Å². The Morgan fingerprint density at radius 2 is 1.89 bits per heavy atom. The lowest BCUT2D eigenvalue weighted by Gasteiger charge is -2.14. The van der Waals surface area contributed by atoms with Crippen LogP contribution in [0.15, 0.2) is 24.3 Å². The van der Waals surface area contributed by atoms with E-state index in [2.05, 4.69) is 10.1 Å². The maximum atomic E-state index is 11.7. The zero-order valence-corrected chi connectivity index (χ0v) is 11.0. The molecule has 1 aliphatic rings. The van der Waals surface area contributed by atoms with Crippen molar-refractivity contribution in [2.24, 2.45) is 0 Å². The maximum absolute atomic E-state index is 11.7. The van der Waals surface area contributed by atoms with Crippen molar-refractivity contribution >= 4 is 11.9 Å². The van der Waals surface area contributed by atoms with Gasteiger partial charge in [0.15, 0.2) is 6.10 Å². The lowest BCUT2D eigenvalue weighted by Crippen LogP contribution is -2.37. The molecular formula is C14H17NO4. The largest absolute Gasteiger partial charge is 0.481 e. The predicted molar refractivity (Wildman–Crippen MR) is 69.0 cm³/mol. The standard InChI is InChI=1S/C14H17NO4/c1-9(13(16)15-11-5-6-11)19-12-7-3-10(4-8-12)14(17)18-2/h3-4,7-9,11H,5-6H2,1-2H3,(H,15,16)/t9-/m1/s1. The molecule has 0 heterocycles. The van der Waals surface area contributed by atoms with Crippen LogP contribution >= 0.6 is 0 Å². The summed E-state index contributed by atoms with van der Waals surface area (Å²) in [6.07, 6.45) is 1.54. The lowest BCUT2D eigenvalue weighted by molar-refractivity contribution is -0.127. The van der Waals surface area contributed by atoms with Gasteiger partial charge in [-0.1, -0.05) is 0 Å². The van der Waals surface area contributed by atoms with E-state index < -0.39 is 12.1 Å². The summed E-state index contributed by atoms with van der Waals surface area (Å²) in [5, 5.41) is 2.87. The highest BCUT2D eigenvalue weighted by molar-refractivity contribution is 5.89. The number of methoxy groups -OCH3 is 1. The summed E-state index contributed by atoms with van der Waals surface area (Å²) in [7, 11) is 1.33. The molecule has 5 heteroatoms. The molecule has 102 valence electrons. The number of amides is 1. The van der Waals surface area contributed by atoms with Crippen molar-refractivity contribution in [3.05, 3.63) is 29.8 Å². The number of carbonyl (C=O) groups excluding carboxylic acids is 2. The normalized spacial score (nSPS) is 15.5. The van der Waals surface area contributed by atoms with E-state index in [9.17, 15) is 9.59 Å². The third-order valence-electron chi connectivity index (χ3n) is 2.88. The highest BCUT2D eigenvalue weighted by atomic mass is 16.5. The van der Waals surface area contributed by atoms with E-state index >= 15 is 0 Å². The number of nitrogens with one attached hydrogen (secondary N) is 1. The average molecular weight is 263 g/mol. The Bertz CT molecular complexity index is 465. The monoisotopic (exact) mass is 263 g/mol. The van der Waals surface area contributed by atoms with Gasteiger partial charge < -0.3 is 14.8 Å². The molecule has 1 aliphatic carbocycles. The van der Waals surface area contributed by atoms with Crippen molar-refractivity contribution in [1.29, 1.82) is 0 Å². The Morgan fingerprint density at radius 3 is 2.42 bits per heavy atom. The van der Waals surface area contributed by atoms with Crippen molar-refractivity contribution in [3.63, 3.8) is 0 Å². The van der Waals surface area contributed by atoms with Gasteiger partial charge in [-0.2, -0.15) is 0 Å². The highest BCUT2D eigenvalue weighted by Gasteiger charge is 2.26. The van der Waals surface area contributed by atoms with Crippen LogP contribution in [0.5, 0.6) is 5.75 Å². The highest BCUT2D eigenvalue weighted by Crippen LogP contribution is 2.19. The number of rotatable bonds is 5. The molecule has 19 heavy (non-hydrogen) atoms. The third-order valence-corrected chi connectivity index (χ3v) is 2.88. The molecule has 0 saturated heterocycles. The summed E-state index contributed by atoms with van der Waals surface area (Å²) >= 11 is 0. The van der Waals surface area contributed by atoms with Crippen LogP contribution in [0.4, 0.5) is 0 Å². The van der Waals surface area contributed by atoms with Crippen LogP contribution in [0.25, 0.3) is 0 Å². The first-order valence-corrected chi connectivity index (χ1v) is 6.25. The lowest BCUT2D eigenvalue weighted by atomic mass is 10.2. The molecule has 1 atom stereocenters. The second kappa shape index (κ2) is 5.73. The minimum atomic E-state index is -0.551. The summed E-state index contributed by atoms with van der Waals surface area (Å²) in [6.45, 7) is 1.70. The molecule has 0 radical (unpaired) electrons. The van der Waals surface area contributed by atoms with Gasteiger partial charge in [0.1, 0.15) is 5.75 Å². The van der Waals surface area contributed by atoms with Crippen molar-refractivity contribution in [3.8, 4) is 5.75 Å². The van der Waals surface area contributed by atoms with Crippen molar-refractivity contribution < 1.29 is 19.1 Å². The molecule has 1 N–H and O–H groups in total. The molecule has 0 aromatic heterocycles. The molecular weight excluding hydrogens is 246 g/mol. The molecule has 1 saturated carbocycles. The van der Waals surface area contributed by atoms with Gasteiger partial charge in [0.2, 0.25) is 0 Å². The van der Waals surface area contributed by atoms with Gasteiger partial charge in [0.05, 0.1) is 12.7 Å². The number of esters is 1. The summed E-state index contributed by atoms with van der Waals surface area (Å²) in [4.78, 5) is 23.0. The molecule has 1 aromatic rings. The molecule has 2 rings (SSSR count). The topological polar surface area (TPSA) is 64.6 Å². The van der Waals surface area contributed by atoms with Gasteiger partial charge in [-0.3, -0.25) is 4.79 Å². The molecule has 0 bridgehead atoms. The van der Waals surface area contributed by atoms with Crippen molar-refractivity contribution in [1.82, 2.24) is 5.32 Å². The molecule has 1 amide bonds. The van der Waals surface area contributed by atoms with E-state index in [-0.39, 0.29) is 5.91 Å². The third kappa shape index (κ3) is 3.71. The second-order valence-electron chi connectivity index (χ2n) is 4.56. The smallest absolute Gasteiger partial charge is 0.337 e. The number of ether oxygens (including phenoxy) is 2. The average Bonchev–Trinajstić information content (AvgIpc) is 3.22. The van der Waals surface area contributed by atoms with E-state index in [0.29, 0.717) is 17.4 Å². The molecule has 1 aromatic carbocycles. The Hall–Kier alpha value is -2.04. The summed E-state index contributed by atoms with van der Waals surface area (Å²) in [6, 6.07) is 6.82. The SMILES string of the molecule is COC(=O)c1ccc(O[C@H](C)C(=O)NC2CC2)cc1. The van der Waals surface area contributed by atoms with Gasteiger partial charge >= 0.3 is 5.97 Å². The zero-order chi connectivity index (χ0) is 13.8. The van der Waals surface area contributed by atoms with Gasteiger partial charge in [0, 0.05) is 6.04 Å². The van der Waals surface area contributed by atoms with Crippen LogP contribution in [0.2, 0.25) is 0 Å². The minimum Gasteiger partial charge on any atom is -0.481 e. The van der Waals surface area contributed by atoms with Crippen LogP contribution in [0.1, 0.15) is 30.1 Å². The van der Waals surface area contributed by atoms with Crippen LogP contribution in [0.3, 0.4) is 0 Å². The van der Waals surface area contributed by atoms with Crippen LogP contribution in [-0.2, 0) is 9.53 Å². The molecule has 0 unspecified atom stereocenters. The zero-order valence-electron chi connectivity index (χ0n) is 11.0. The summed E-state index contributed by atoms with van der Waals surface area (Å²) < 4.78 is 10.1. The van der Waals surface area contributed by atoms with Gasteiger partial charge in [-0.05, 0) is 44.0 Å². The Balaban J connectivity index is 1.90. The number of hydrogen-bond donors (Lipinski definition) is 1. The van der Waals surface area contributed by atoms with E-state index in [1.54, 1.807) is 31.2 Å². The minimum absolute atomic E-state index is 0.112. The fraction of sp³-hybridized carbons (Fsp3) is 0.429. The van der Waals surface area contributed by atoms with E-state index in [0.717, 1.165) is 12.8 Å². The number of hydrogen-bond acceptors (Lipinski definition) is 4. The van der Waals surface area contributed by atoms with Crippen molar-refractivity contribution in [2.75, 3.05) is 7.11 Å². The fourth-order valence-electron chi connectivity index (χ4n) is 1.59. The first-order chi connectivity index (χ1) is 9.10. The van der Waals surface area contributed by atoms with Gasteiger partial charge in [0.25, 0.3) is 5.91 Å². The summed E-state index contributed by atoms with van der Waals surface area (Å²) in [5.74, 6) is 0.0386. The van der Waals surface area contributed by atoms with Gasteiger partial charge in [-0.25, -0.2) is 4.79 Å². The Labute approximate surface area is 111 Å². The first-order valence-electron chi connectivity index (χ1n) is 6.25. The van der Waals surface area contributed by atoms with E-state index in [4.69, 9.17) is 4.74 Å². The summed E-state index contributed by atoms with van der Waals surface area (Å²) in [5.41, 5.74) is 0.449. The molecule has 0 spiro atoms. The molecule has 1 fully saturated rings. The van der Waals surface area contributed by atoms with E-state index in [1.807, 2.05) is 0 Å². The maximum Gasteiger partial charge on any atom is 0.337 e. The predicted octanol–water partition coefficient (Wildman–Crippen LogP) is 1.52. The number of carbonyl (C=O) groups is 2. The quantitative estimate of drug-likeness (QED) is 0.818. The fourth-order valence-corrected chi connectivity index (χ4v) is 1.59. The first kappa shape index (κ1) is 13.4. The molecule has 5 nitrogen and oxygen atoms in total. The van der Waals surface area contributed by atoms with Crippen molar-refractivity contribution in [2.45, 2.75) is 31.9 Å². The van der Waals surface area contributed by atoms with Crippen LogP contribution in [-0.4, -0.2) is 31.1 Å². The second-order valence-corrected chi connectivity index (χ2v) is 4.56. The van der Waals surface area contributed by atoms with Gasteiger partial charge in [-0.15, -0.1) is 0 Å². The van der Waals surface area contributed by atoms with Crippen LogP contribution in [0, 0.1) is 0 Å². The Kier molecular flexibility index (Phi) is 4.04.